The highest BCUT2D eigenvalue weighted by molar-refractivity contribution is 5.95. The van der Waals surface area contributed by atoms with E-state index < -0.39 is 11.6 Å². The summed E-state index contributed by atoms with van der Waals surface area (Å²) in [7, 11) is 3.89. The molecular formula is C14H19F2N5. The van der Waals surface area contributed by atoms with Crippen LogP contribution >= 0.6 is 0 Å². The Morgan fingerprint density at radius 2 is 2.14 bits per heavy atom. The number of nitrogens with zero attached hydrogens (tertiary/aromatic N) is 3. The predicted octanol–water partition coefficient (Wildman–Crippen LogP) is 1.41. The molecule has 3 N–H and O–H groups in total. The Morgan fingerprint density at radius 1 is 1.38 bits per heavy atom. The summed E-state index contributed by atoms with van der Waals surface area (Å²) >= 11 is 0. The largest absolute Gasteiger partial charge is 0.323 e. The molecule has 1 heterocycles. The summed E-state index contributed by atoms with van der Waals surface area (Å²) < 4.78 is 27.0. The van der Waals surface area contributed by atoms with E-state index in [0.29, 0.717) is 12.5 Å². The number of benzene rings is 1. The van der Waals surface area contributed by atoms with Crippen molar-refractivity contribution in [2.45, 2.75) is 6.17 Å². The first-order valence-corrected chi connectivity index (χ1v) is 6.61. The molecule has 1 aliphatic rings. The second-order valence-electron chi connectivity index (χ2n) is 5.01. The van der Waals surface area contributed by atoms with Crippen molar-refractivity contribution in [2.75, 3.05) is 32.5 Å². The van der Waals surface area contributed by atoms with Crippen molar-refractivity contribution >= 4 is 11.6 Å². The molecule has 1 unspecified atom stereocenters. The summed E-state index contributed by atoms with van der Waals surface area (Å²) in [6, 6.07) is 3.96. The van der Waals surface area contributed by atoms with Gasteiger partial charge in [-0.2, -0.15) is 0 Å². The minimum atomic E-state index is -0.934. The van der Waals surface area contributed by atoms with Crippen LogP contribution in [0.1, 0.15) is 0 Å². The summed E-state index contributed by atoms with van der Waals surface area (Å²) in [5.41, 5.74) is 6.04. The standard InChI is InChI=1S/C14H19F2N5/c1-20(2)8-9-21-12(17)6-7-18-14(21)19-11-5-3-4-10(15)13(11)16/h3-7,12H,8-9,17H2,1-2H3,(H,18,19). The van der Waals surface area contributed by atoms with Crippen LogP contribution in [0.25, 0.3) is 0 Å². The van der Waals surface area contributed by atoms with Crippen molar-refractivity contribution in [1.29, 1.82) is 0 Å². The molecule has 7 heteroatoms. The molecule has 21 heavy (non-hydrogen) atoms. The number of nitrogens with two attached hydrogens (primary N) is 1. The van der Waals surface area contributed by atoms with Gasteiger partial charge in [0.05, 0.1) is 5.69 Å². The van der Waals surface area contributed by atoms with Gasteiger partial charge in [0.1, 0.15) is 6.17 Å². The highest BCUT2D eigenvalue weighted by Crippen LogP contribution is 2.18. The van der Waals surface area contributed by atoms with Gasteiger partial charge in [-0.3, -0.25) is 0 Å². The quantitative estimate of drug-likeness (QED) is 0.882. The van der Waals surface area contributed by atoms with Crippen LogP contribution in [0.5, 0.6) is 0 Å². The number of nitrogens with one attached hydrogen (secondary N) is 1. The van der Waals surface area contributed by atoms with Gasteiger partial charge in [-0.15, -0.1) is 0 Å². The summed E-state index contributed by atoms with van der Waals surface area (Å²) in [5, 5.41) is 2.81. The third-order valence-electron chi connectivity index (χ3n) is 3.10. The molecule has 2 rings (SSSR count). The molecule has 0 saturated heterocycles. The first-order valence-electron chi connectivity index (χ1n) is 6.61. The summed E-state index contributed by atoms with van der Waals surface area (Å²) in [4.78, 5) is 7.97. The van der Waals surface area contributed by atoms with Crippen LogP contribution in [-0.2, 0) is 0 Å². The fraction of sp³-hybridized carbons (Fsp3) is 0.357. The Hall–Kier alpha value is -1.99. The molecule has 0 aromatic heterocycles. The third-order valence-corrected chi connectivity index (χ3v) is 3.10. The lowest BCUT2D eigenvalue weighted by Crippen LogP contribution is -2.51. The van der Waals surface area contributed by atoms with Crippen molar-refractivity contribution in [3.05, 3.63) is 42.1 Å². The molecule has 1 aromatic carbocycles. The Balaban J connectivity index is 2.17. The van der Waals surface area contributed by atoms with Crippen LogP contribution in [0.4, 0.5) is 14.5 Å². The second kappa shape index (κ2) is 6.64. The van der Waals surface area contributed by atoms with Crippen LogP contribution < -0.4 is 11.1 Å². The monoisotopic (exact) mass is 295 g/mol. The second-order valence-corrected chi connectivity index (χ2v) is 5.01. The van der Waals surface area contributed by atoms with Crippen LogP contribution in [0.15, 0.2) is 35.5 Å². The molecule has 0 aliphatic carbocycles. The Labute approximate surface area is 122 Å². The lowest BCUT2D eigenvalue weighted by molar-refractivity contribution is 0.299. The lowest BCUT2D eigenvalue weighted by Gasteiger charge is -2.33. The molecule has 0 fully saturated rings. The van der Waals surface area contributed by atoms with Crippen LogP contribution in [-0.4, -0.2) is 49.1 Å². The number of likely N-dealkylation sites (N-methyl/N-ethyl adjacent to an activating group) is 1. The number of aliphatic imine (C=N–C) groups is 1. The Bertz CT molecular complexity index is 556. The molecule has 1 aliphatic heterocycles. The smallest absolute Gasteiger partial charge is 0.204 e. The average molecular weight is 295 g/mol. The highest BCUT2D eigenvalue weighted by atomic mass is 19.2. The summed E-state index contributed by atoms with van der Waals surface area (Å²) in [6.45, 7) is 1.37. The SMILES string of the molecule is CN(C)CCN1C(Nc2cccc(F)c2F)=NC=CC1N. The van der Waals surface area contributed by atoms with Gasteiger partial charge >= 0.3 is 0 Å². The van der Waals surface area contributed by atoms with Gasteiger partial charge in [0.2, 0.25) is 5.96 Å². The fourth-order valence-electron chi connectivity index (χ4n) is 1.91. The van der Waals surface area contributed by atoms with Crippen molar-refractivity contribution in [2.24, 2.45) is 10.7 Å². The molecule has 114 valence electrons. The van der Waals surface area contributed by atoms with Crippen LogP contribution in [0.3, 0.4) is 0 Å². The van der Waals surface area contributed by atoms with Gasteiger partial charge in [0.25, 0.3) is 0 Å². The summed E-state index contributed by atoms with van der Waals surface area (Å²) in [5.74, 6) is -1.44. The normalized spacial score (nSPS) is 18.1. The first-order chi connectivity index (χ1) is 9.99. The minimum absolute atomic E-state index is 0.0334. The first kappa shape index (κ1) is 15.4. The van der Waals surface area contributed by atoms with E-state index >= 15 is 0 Å². The predicted molar refractivity (Wildman–Crippen MR) is 79.8 cm³/mol. The summed E-state index contributed by atoms with van der Waals surface area (Å²) in [6.07, 6.45) is 2.93. The Kier molecular flexibility index (Phi) is 4.87. The zero-order valence-electron chi connectivity index (χ0n) is 12.1. The van der Waals surface area contributed by atoms with Crippen molar-refractivity contribution < 1.29 is 8.78 Å². The van der Waals surface area contributed by atoms with Gasteiger partial charge in [0, 0.05) is 19.3 Å². The fourth-order valence-corrected chi connectivity index (χ4v) is 1.91. The molecule has 0 saturated carbocycles. The van der Waals surface area contributed by atoms with E-state index in [9.17, 15) is 8.78 Å². The minimum Gasteiger partial charge on any atom is -0.323 e. The number of hydrogen-bond donors (Lipinski definition) is 2. The van der Waals surface area contributed by atoms with Gasteiger partial charge in [-0.25, -0.2) is 13.8 Å². The van der Waals surface area contributed by atoms with E-state index in [1.165, 1.54) is 12.1 Å². The van der Waals surface area contributed by atoms with Crippen molar-refractivity contribution in [3.63, 3.8) is 0 Å². The maximum Gasteiger partial charge on any atom is 0.204 e. The molecule has 0 radical (unpaired) electrons. The maximum atomic E-state index is 13.7. The number of hydrogen-bond acceptors (Lipinski definition) is 5. The van der Waals surface area contributed by atoms with E-state index in [1.807, 2.05) is 19.0 Å². The molecule has 0 amide bonds. The zero-order chi connectivity index (χ0) is 15.4. The van der Waals surface area contributed by atoms with Crippen LogP contribution in [0, 0.1) is 11.6 Å². The van der Waals surface area contributed by atoms with Gasteiger partial charge in [-0.1, -0.05) is 6.07 Å². The van der Waals surface area contributed by atoms with E-state index in [4.69, 9.17) is 5.73 Å². The van der Waals surface area contributed by atoms with Crippen molar-refractivity contribution in [1.82, 2.24) is 9.80 Å². The number of anilines is 1. The highest BCUT2D eigenvalue weighted by Gasteiger charge is 2.21. The lowest BCUT2D eigenvalue weighted by atomic mass is 10.3. The number of rotatable bonds is 4. The molecular weight excluding hydrogens is 276 g/mol. The zero-order valence-corrected chi connectivity index (χ0v) is 12.1. The van der Waals surface area contributed by atoms with Crippen molar-refractivity contribution in [3.8, 4) is 0 Å². The molecule has 0 bridgehead atoms. The van der Waals surface area contributed by atoms with E-state index in [-0.39, 0.29) is 11.9 Å². The third kappa shape index (κ3) is 3.77. The molecule has 1 aromatic rings. The molecule has 1 atom stereocenters. The number of halogens is 2. The number of guanidine groups is 1. The topological polar surface area (TPSA) is 56.9 Å². The average Bonchev–Trinajstić information content (AvgIpc) is 2.43. The molecule has 0 spiro atoms. The van der Waals surface area contributed by atoms with E-state index in [0.717, 1.165) is 12.6 Å². The maximum absolute atomic E-state index is 13.7. The van der Waals surface area contributed by atoms with Gasteiger partial charge in [0.15, 0.2) is 11.6 Å². The molecule has 5 nitrogen and oxygen atoms in total. The van der Waals surface area contributed by atoms with E-state index in [1.54, 1.807) is 17.2 Å². The van der Waals surface area contributed by atoms with E-state index in [2.05, 4.69) is 10.3 Å². The van der Waals surface area contributed by atoms with Gasteiger partial charge < -0.3 is 20.9 Å². The van der Waals surface area contributed by atoms with Crippen LogP contribution in [0.2, 0.25) is 0 Å². The Morgan fingerprint density at radius 3 is 2.86 bits per heavy atom. The van der Waals surface area contributed by atoms with Gasteiger partial charge in [-0.05, 0) is 32.3 Å².